The number of rotatable bonds is 3. The number of hydrogen-bond donors (Lipinski definition) is 1. The molecule has 0 aromatic carbocycles. The summed E-state index contributed by atoms with van der Waals surface area (Å²) in [5.74, 6) is 1.86. The number of nitrogens with one attached hydrogen (secondary N) is 1. The molecule has 0 bridgehead atoms. The van der Waals surface area contributed by atoms with Gasteiger partial charge < -0.3 is 14.6 Å². The van der Waals surface area contributed by atoms with E-state index < -0.39 is 0 Å². The van der Waals surface area contributed by atoms with Crippen molar-refractivity contribution in [3.8, 4) is 0 Å². The van der Waals surface area contributed by atoms with Crippen molar-refractivity contribution in [2.75, 3.05) is 6.61 Å². The van der Waals surface area contributed by atoms with Crippen molar-refractivity contribution < 1.29 is 4.74 Å². The Morgan fingerprint density at radius 1 is 1.26 bits per heavy atom. The SMILES string of the molecule is Cn1cncc1C1CC(NC2[C@@H]3CCCC[C@@H]3C2(C)C)CCO1. The van der Waals surface area contributed by atoms with Crippen molar-refractivity contribution in [2.45, 2.75) is 70.6 Å². The second kappa shape index (κ2) is 5.89. The second-order valence-corrected chi connectivity index (χ2v) is 8.53. The van der Waals surface area contributed by atoms with E-state index in [0.717, 1.165) is 31.3 Å². The van der Waals surface area contributed by atoms with Gasteiger partial charge in [-0.1, -0.05) is 26.7 Å². The van der Waals surface area contributed by atoms with Gasteiger partial charge in [0.25, 0.3) is 0 Å². The molecular formula is C19H31N3O. The first kappa shape index (κ1) is 15.6. The third-order valence-corrected chi connectivity index (χ3v) is 6.89. The lowest BCUT2D eigenvalue weighted by Crippen LogP contribution is -2.66. The molecule has 1 aromatic heterocycles. The molecule has 2 aliphatic carbocycles. The number of aromatic nitrogens is 2. The third-order valence-electron chi connectivity index (χ3n) is 6.89. The molecule has 0 radical (unpaired) electrons. The van der Waals surface area contributed by atoms with Crippen LogP contribution in [0.25, 0.3) is 0 Å². The molecule has 5 atom stereocenters. The largest absolute Gasteiger partial charge is 0.372 e. The Morgan fingerprint density at radius 3 is 2.87 bits per heavy atom. The van der Waals surface area contributed by atoms with E-state index in [2.05, 4.69) is 35.8 Å². The molecule has 0 spiro atoms. The molecule has 23 heavy (non-hydrogen) atoms. The first-order chi connectivity index (χ1) is 11.1. The van der Waals surface area contributed by atoms with E-state index in [9.17, 15) is 0 Å². The standard InChI is InChI=1S/C19H31N3O/c1-19(2)15-7-5-4-6-14(15)18(19)21-13-8-9-23-17(10-13)16-11-20-12-22(16)3/h11-15,17-18,21H,4-10H2,1-3H3/t13?,14-,15+,17?,18?/m1/s1. The Bertz CT molecular complexity index is 553. The zero-order valence-corrected chi connectivity index (χ0v) is 14.8. The van der Waals surface area contributed by atoms with Gasteiger partial charge in [0.05, 0.1) is 18.2 Å². The van der Waals surface area contributed by atoms with Crippen molar-refractivity contribution in [2.24, 2.45) is 24.3 Å². The van der Waals surface area contributed by atoms with Crippen LogP contribution in [0.1, 0.15) is 64.2 Å². The third kappa shape index (κ3) is 2.64. The number of ether oxygens (including phenoxy) is 1. The van der Waals surface area contributed by atoms with Crippen molar-refractivity contribution in [3.05, 3.63) is 18.2 Å². The van der Waals surface area contributed by atoms with E-state index in [-0.39, 0.29) is 6.10 Å². The molecule has 128 valence electrons. The second-order valence-electron chi connectivity index (χ2n) is 8.53. The molecule has 0 amide bonds. The van der Waals surface area contributed by atoms with E-state index >= 15 is 0 Å². The molecule has 1 saturated heterocycles. The first-order valence-electron chi connectivity index (χ1n) is 9.41. The molecule has 1 aromatic rings. The van der Waals surface area contributed by atoms with Crippen LogP contribution < -0.4 is 5.32 Å². The maximum Gasteiger partial charge on any atom is 0.100 e. The number of aryl methyl sites for hydroxylation is 1. The van der Waals surface area contributed by atoms with Crippen LogP contribution in [0.15, 0.2) is 12.5 Å². The van der Waals surface area contributed by atoms with Crippen LogP contribution in [0.4, 0.5) is 0 Å². The molecule has 1 aliphatic heterocycles. The topological polar surface area (TPSA) is 39.1 Å². The average Bonchev–Trinajstić information content (AvgIpc) is 2.99. The lowest BCUT2D eigenvalue weighted by molar-refractivity contribution is -0.101. The fourth-order valence-electron chi connectivity index (χ4n) is 5.57. The minimum atomic E-state index is 0.194. The summed E-state index contributed by atoms with van der Waals surface area (Å²) in [5.41, 5.74) is 1.67. The van der Waals surface area contributed by atoms with Gasteiger partial charge in [-0.3, -0.25) is 0 Å². The number of hydrogen-bond acceptors (Lipinski definition) is 3. The fraction of sp³-hybridized carbons (Fsp3) is 0.842. The Labute approximate surface area is 140 Å². The zero-order chi connectivity index (χ0) is 16.0. The number of imidazole rings is 1. The molecule has 3 unspecified atom stereocenters. The van der Waals surface area contributed by atoms with Crippen molar-refractivity contribution >= 4 is 0 Å². The summed E-state index contributed by atoms with van der Waals surface area (Å²) in [7, 11) is 2.06. The first-order valence-corrected chi connectivity index (χ1v) is 9.41. The highest BCUT2D eigenvalue weighted by molar-refractivity contribution is 5.10. The normalized spacial score (nSPS) is 39.5. The van der Waals surface area contributed by atoms with Crippen LogP contribution >= 0.6 is 0 Å². The van der Waals surface area contributed by atoms with Gasteiger partial charge in [0, 0.05) is 25.7 Å². The average molecular weight is 317 g/mol. The van der Waals surface area contributed by atoms with Gasteiger partial charge >= 0.3 is 0 Å². The summed E-state index contributed by atoms with van der Waals surface area (Å²) in [5, 5.41) is 4.05. The van der Waals surface area contributed by atoms with Crippen molar-refractivity contribution in [1.29, 1.82) is 0 Å². The summed E-state index contributed by atoms with van der Waals surface area (Å²) in [6, 6.07) is 1.28. The van der Waals surface area contributed by atoms with E-state index in [1.54, 1.807) is 0 Å². The van der Waals surface area contributed by atoms with Gasteiger partial charge in [0.15, 0.2) is 0 Å². The smallest absolute Gasteiger partial charge is 0.100 e. The Kier molecular flexibility index (Phi) is 4.01. The maximum absolute atomic E-state index is 6.02. The van der Waals surface area contributed by atoms with Gasteiger partial charge in [-0.05, 0) is 42.9 Å². The summed E-state index contributed by atoms with van der Waals surface area (Å²) < 4.78 is 8.12. The Hall–Kier alpha value is -0.870. The van der Waals surface area contributed by atoms with Crippen LogP contribution in [0.3, 0.4) is 0 Å². The van der Waals surface area contributed by atoms with Gasteiger partial charge in [-0.2, -0.15) is 0 Å². The zero-order valence-electron chi connectivity index (χ0n) is 14.8. The van der Waals surface area contributed by atoms with Gasteiger partial charge in [-0.15, -0.1) is 0 Å². The number of nitrogens with zero attached hydrogens (tertiary/aromatic N) is 2. The monoisotopic (exact) mass is 317 g/mol. The molecular weight excluding hydrogens is 286 g/mol. The van der Waals surface area contributed by atoms with Crippen LogP contribution in [0, 0.1) is 17.3 Å². The van der Waals surface area contributed by atoms with Crippen LogP contribution in [0.2, 0.25) is 0 Å². The summed E-state index contributed by atoms with van der Waals surface area (Å²) in [6.07, 6.45) is 12.0. The summed E-state index contributed by atoms with van der Waals surface area (Å²) in [4.78, 5) is 4.25. The van der Waals surface area contributed by atoms with E-state index in [4.69, 9.17) is 4.74 Å². The van der Waals surface area contributed by atoms with Crippen LogP contribution in [0.5, 0.6) is 0 Å². The lowest BCUT2D eigenvalue weighted by atomic mass is 9.47. The molecule has 1 N–H and O–H groups in total. The minimum Gasteiger partial charge on any atom is -0.372 e. The quantitative estimate of drug-likeness (QED) is 0.928. The Morgan fingerprint density at radius 2 is 2.09 bits per heavy atom. The lowest BCUT2D eigenvalue weighted by Gasteiger charge is -2.62. The van der Waals surface area contributed by atoms with E-state index in [1.807, 2.05) is 12.5 Å². The van der Waals surface area contributed by atoms with Crippen LogP contribution in [-0.2, 0) is 11.8 Å². The molecule has 2 saturated carbocycles. The molecule has 3 fully saturated rings. The van der Waals surface area contributed by atoms with Gasteiger partial charge in [0.2, 0.25) is 0 Å². The minimum absolute atomic E-state index is 0.194. The summed E-state index contributed by atoms with van der Waals surface area (Å²) >= 11 is 0. The molecule has 2 heterocycles. The van der Waals surface area contributed by atoms with Crippen LogP contribution in [-0.4, -0.2) is 28.2 Å². The van der Waals surface area contributed by atoms with Gasteiger partial charge in [0.1, 0.15) is 6.10 Å². The predicted molar refractivity (Wildman–Crippen MR) is 91.1 cm³/mol. The predicted octanol–water partition coefficient (Wildman–Crippen LogP) is 3.44. The fourth-order valence-corrected chi connectivity index (χ4v) is 5.57. The highest BCUT2D eigenvalue weighted by Gasteiger charge is 2.56. The molecule has 4 rings (SSSR count). The van der Waals surface area contributed by atoms with E-state index in [1.165, 1.54) is 31.4 Å². The van der Waals surface area contributed by atoms with Gasteiger partial charge in [-0.25, -0.2) is 4.98 Å². The summed E-state index contributed by atoms with van der Waals surface area (Å²) in [6.45, 7) is 5.82. The van der Waals surface area contributed by atoms with Crippen molar-refractivity contribution in [3.63, 3.8) is 0 Å². The molecule has 4 heteroatoms. The highest BCUT2D eigenvalue weighted by atomic mass is 16.5. The number of fused-ring (bicyclic) bond motifs is 1. The van der Waals surface area contributed by atoms with Crippen molar-refractivity contribution in [1.82, 2.24) is 14.9 Å². The van der Waals surface area contributed by atoms with E-state index in [0.29, 0.717) is 17.5 Å². The maximum atomic E-state index is 6.02. The molecule has 4 nitrogen and oxygen atoms in total. The Balaban J connectivity index is 1.42. The highest BCUT2D eigenvalue weighted by Crippen LogP contribution is 2.57. The molecule has 3 aliphatic rings.